The molecule has 0 unspecified atom stereocenters. The second-order valence-corrected chi connectivity index (χ2v) is 9.53. The molecule has 0 N–H and O–H groups in total. The summed E-state index contributed by atoms with van der Waals surface area (Å²) >= 11 is 0. The Bertz CT molecular complexity index is 1110. The number of sulfone groups is 1. The van der Waals surface area contributed by atoms with Crippen molar-refractivity contribution in [3.8, 4) is 17.0 Å². The highest BCUT2D eigenvalue weighted by Crippen LogP contribution is 2.36. The van der Waals surface area contributed by atoms with Gasteiger partial charge in [0.25, 0.3) is 0 Å². The van der Waals surface area contributed by atoms with Crippen molar-refractivity contribution < 1.29 is 17.7 Å². The van der Waals surface area contributed by atoms with E-state index in [1.165, 1.54) is 0 Å². The molecule has 0 atom stereocenters. The van der Waals surface area contributed by atoms with Crippen molar-refractivity contribution in [1.29, 1.82) is 0 Å². The predicted molar refractivity (Wildman–Crippen MR) is 107 cm³/mol. The standard InChI is InChI=1S/C21H24N2O4S/c1-13-21(14(2)27-23-13)16-10-18-17(8-9-20(22-18)26-3)19(11-16)28(24,25)12-15-6-4-5-7-15/h8-11,15H,4-7,12H2,1-3H3. The fraction of sp³-hybridized carbons (Fsp3) is 0.429. The summed E-state index contributed by atoms with van der Waals surface area (Å²) in [5.74, 6) is 1.51. The quantitative estimate of drug-likeness (QED) is 0.628. The SMILES string of the molecule is COc1ccc2c(S(=O)(=O)CC3CCCC3)cc(-c3c(C)noc3C)cc2n1. The van der Waals surface area contributed by atoms with Crippen molar-refractivity contribution in [1.82, 2.24) is 10.1 Å². The minimum absolute atomic E-state index is 0.180. The maximum atomic E-state index is 13.4. The van der Waals surface area contributed by atoms with Gasteiger partial charge in [0, 0.05) is 17.0 Å². The van der Waals surface area contributed by atoms with E-state index in [4.69, 9.17) is 9.26 Å². The fourth-order valence-electron chi connectivity index (χ4n) is 4.17. The van der Waals surface area contributed by atoms with Crippen LogP contribution < -0.4 is 4.74 Å². The molecular formula is C21H24N2O4S. The van der Waals surface area contributed by atoms with E-state index in [1.807, 2.05) is 19.9 Å². The number of benzene rings is 1. The molecule has 1 saturated carbocycles. The van der Waals surface area contributed by atoms with E-state index in [0.717, 1.165) is 42.5 Å². The number of pyridine rings is 1. The van der Waals surface area contributed by atoms with Crippen LogP contribution in [0.4, 0.5) is 0 Å². The molecule has 1 fully saturated rings. The van der Waals surface area contributed by atoms with Crippen LogP contribution in [0.15, 0.2) is 33.7 Å². The van der Waals surface area contributed by atoms with Crippen LogP contribution in [0.2, 0.25) is 0 Å². The van der Waals surface area contributed by atoms with Gasteiger partial charge in [0.15, 0.2) is 9.84 Å². The van der Waals surface area contributed by atoms with Crippen LogP contribution in [0.5, 0.6) is 5.88 Å². The Kier molecular flexibility index (Phi) is 4.87. The zero-order chi connectivity index (χ0) is 19.9. The van der Waals surface area contributed by atoms with Gasteiger partial charge in [0.2, 0.25) is 5.88 Å². The third-order valence-electron chi connectivity index (χ3n) is 5.54. The number of aryl methyl sites for hydroxylation is 2. The number of fused-ring (bicyclic) bond motifs is 1. The van der Waals surface area contributed by atoms with Crippen molar-refractivity contribution in [2.75, 3.05) is 12.9 Å². The van der Waals surface area contributed by atoms with Gasteiger partial charge in [0.05, 0.1) is 29.0 Å². The average molecular weight is 401 g/mol. The Labute approximate surface area is 164 Å². The molecule has 1 aromatic carbocycles. The van der Waals surface area contributed by atoms with Gasteiger partial charge in [-0.15, -0.1) is 0 Å². The number of nitrogens with zero attached hydrogens (tertiary/aromatic N) is 2. The smallest absolute Gasteiger partial charge is 0.213 e. The van der Waals surface area contributed by atoms with E-state index in [2.05, 4.69) is 10.1 Å². The van der Waals surface area contributed by atoms with Crippen molar-refractivity contribution in [3.63, 3.8) is 0 Å². The molecule has 2 aromatic heterocycles. The second kappa shape index (κ2) is 7.20. The molecule has 1 aliphatic carbocycles. The Balaban J connectivity index is 1.93. The van der Waals surface area contributed by atoms with Crippen LogP contribution in [-0.2, 0) is 9.84 Å². The summed E-state index contributed by atoms with van der Waals surface area (Å²) < 4.78 is 37.2. The van der Waals surface area contributed by atoms with Crippen molar-refractivity contribution in [3.05, 3.63) is 35.7 Å². The molecule has 0 amide bonds. The summed E-state index contributed by atoms with van der Waals surface area (Å²) in [6, 6.07) is 7.10. The summed E-state index contributed by atoms with van der Waals surface area (Å²) in [6.07, 6.45) is 4.18. The van der Waals surface area contributed by atoms with E-state index in [-0.39, 0.29) is 11.7 Å². The lowest BCUT2D eigenvalue weighted by Gasteiger charge is -2.14. The first kappa shape index (κ1) is 18.9. The van der Waals surface area contributed by atoms with Crippen molar-refractivity contribution in [2.45, 2.75) is 44.4 Å². The van der Waals surface area contributed by atoms with Crippen LogP contribution in [0, 0.1) is 19.8 Å². The van der Waals surface area contributed by atoms with Gasteiger partial charge >= 0.3 is 0 Å². The number of aromatic nitrogens is 2. The van der Waals surface area contributed by atoms with Crippen molar-refractivity contribution >= 4 is 20.7 Å². The van der Waals surface area contributed by atoms with E-state index in [1.54, 1.807) is 25.3 Å². The Hall–Kier alpha value is -2.41. The third kappa shape index (κ3) is 3.39. The van der Waals surface area contributed by atoms with Crippen LogP contribution in [0.25, 0.3) is 22.0 Å². The van der Waals surface area contributed by atoms with Crippen LogP contribution in [0.1, 0.15) is 37.1 Å². The second-order valence-electron chi connectivity index (χ2n) is 7.53. The van der Waals surface area contributed by atoms with Gasteiger partial charge < -0.3 is 9.26 Å². The molecule has 3 aromatic rings. The first-order chi connectivity index (χ1) is 13.4. The van der Waals surface area contributed by atoms with Gasteiger partial charge in [-0.05, 0) is 56.4 Å². The van der Waals surface area contributed by atoms with Gasteiger partial charge in [-0.3, -0.25) is 0 Å². The monoisotopic (exact) mass is 400 g/mol. The molecule has 4 rings (SSSR count). The minimum Gasteiger partial charge on any atom is -0.481 e. The number of hydrogen-bond donors (Lipinski definition) is 0. The number of hydrogen-bond acceptors (Lipinski definition) is 6. The highest BCUT2D eigenvalue weighted by atomic mass is 32.2. The van der Waals surface area contributed by atoms with Gasteiger partial charge in [-0.2, -0.15) is 0 Å². The highest BCUT2D eigenvalue weighted by Gasteiger charge is 2.27. The van der Waals surface area contributed by atoms with E-state index >= 15 is 0 Å². The van der Waals surface area contributed by atoms with Gasteiger partial charge in [-0.25, -0.2) is 13.4 Å². The fourth-order valence-corrected chi connectivity index (χ4v) is 6.12. The Morgan fingerprint density at radius 2 is 1.93 bits per heavy atom. The maximum Gasteiger partial charge on any atom is 0.213 e. The lowest BCUT2D eigenvalue weighted by molar-refractivity contribution is 0.393. The molecule has 0 spiro atoms. The summed E-state index contributed by atoms with van der Waals surface area (Å²) in [5, 5.41) is 4.63. The number of ether oxygens (including phenoxy) is 1. The molecule has 6 nitrogen and oxygen atoms in total. The summed E-state index contributed by atoms with van der Waals surface area (Å²) in [6.45, 7) is 3.67. The molecule has 0 saturated heterocycles. The highest BCUT2D eigenvalue weighted by molar-refractivity contribution is 7.91. The van der Waals surface area contributed by atoms with E-state index < -0.39 is 9.84 Å². The molecule has 0 radical (unpaired) electrons. The van der Waals surface area contributed by atoms with Crippen LogP contribution in [0.3, 0.4) is 0 Å². The zero-order valence-corrected chi connectivity index (χ0v) is 17.2. The molecule has 0 aliphatic heterocycles. The largest absolute Gasteiger partial charge is 0.481 e. The summed E-state index contributed by atoms with van der Waals surface area (Å²) in [7, 11) is -1.92. The Morgan fingerprint density at radius 3 is 2.57 bits per heavy atom. The maximum absolute atomic E-state index is 13.4. The van der Waals surface area contributed by atoms with Crippen LogP contribution in [-0.4, -0.2) is 31.4 Å². The summed E-state index contributed by atoms with van der Waals surface area (Å²) in [5.41, 5.74) is 2.86. The Morgan fingerprint density at radius 1 is 1.18 bits per heavy atom. The van der Waals surface area contributed by atoms with Crippen molar-refractivity contribution in [2.24, 2.45) is 5.92 Å². The van der Waals surface area contributed by atoms with Gasteiger partial charge in [-0.1, -0.05) is 18.0 Å². The van der Waals surface area contributed by atoms with Gasteiger partial charge in [0.1, 0.15) is 5.76 Å². The van der Waals surface area contributed by atoms with E-state index in [0.29, 0.717) is 27.4 Å². The average Bonchev–Trinajstić information content (AvgIpc) is 3.29. The lowest BCUT2D eigenvalue weighted by atomic mass is 10.0. The zero-order valence-electron chi connectivity index (χ0n) is 16.4. The van der Waals surface area contributed by atoms with Crippen LogP contribution >= 0.6 is 0 Å². The summed E-state index contributed by atoms with van der Waals surface area (Å²) in [4.78, 5) is 4.81. The molecule has 7 heteroatoms. The predicted octanol–water partition coefficient (Wildman–Crippen LogP) is 4.48. The lowest BCUT2D eigenvalue weighted by Crippen LogP contribution is -2.14. The first-order valence-corrected chi connectivity index (χ1v) is 11.2. The normalized spacial score (nSPS) is 15.4. The third-order valence-corrected chi connectivity index (χ3v) is 7.46. The topological polar surface area (TPSA) is 82.3 Å². The number of rotatable bonds is 5. The molecule has 0 bridgehead atoms. The molecule has 1 aliphatic rings. The van der Waals surface area contributed by atoms with E-state index in [9.17, 15) is 8.42 Å². The minimum atomic E-state index is -3.46. The molecular weight excluding hydrogens is 376 g/mol. The molecule has 28 heavy (non-hydrogen) atoms. The molecule has 148 valence electrons. The number of methoxy groups -OCH3 is 1. The molecule has 2 heterocycles. The first-order valence-electron chi connectivity index (χ1n) is 9.54.